The van der Waals surface area contributed by atoms with Crippen LogP contribution in [0.3, 0.4) is 0 Å². The Morgan fingerprint density at radius 1 is 1.35 bits per heavy atom. The van der Waals surface area contributed by atoms with Crippen LogP contribution in [0.5, 0.6) is 5.75 Å². The first-order chi connectivity index (χ1) is 7.74. The first-order valence-corrected chi connectivity index (χ1v) is 5.60. The number of likely N-dealkylation sites (tertiary alicyclic amines) is 1. The van der Waals surface area contributed by atoms with E-state index >= 15 is 0 Å². The predicted molar refractivity (Wildman–Crippen MR) is 68.2 cm³/mol. The van der Waals surface area contributed by atoms with Gasteiger partial charge in [-0.1, -0.05) is 0 Å². The molecule has 1 atom stereocenters. The van der Waals surface area contributed by atoms with Gasteiger partial charge in [0.05, 0.1) is 0 Å². The largest absolute Gasteiger partial charge is 0.492 e. The summed E-state index contributed by atoms with van der Waals surface area (Å²) in [6, 6.07) is 6.41. The second-order valence-corrected chi connectivity index (χ2v) is 4.15. The van der Waals surface area contributed by atoms with Crippen LogP contribution in [0.15, 0.2) is 24.3 Å². The van der Waals surface area contributed by atoms with Crippen LogP contribution >= 0.6 is 12.4 Å². The van der Waals surface area contributed by atoms with Crippen molar-refractivity contribution >= 4 is 12.4 Å². The lowest BCUT2D eigenvalue weighted by Crippen LogP contribution is -2.29. The summed E-state index contributed by atoms with van der Waals surface area (Å²) in [6.45, 7) is 3.50. The maximum atomic E-state index is 12.6. The molecule has 5 heteroatoms. The number of nitrogens with zero attached hydrogens (tertiary/aromatic N) is 1. The summed E-state index contributed by atoms with van der Waals surface area (Å²) in [7, 11) is 0. The van der Waals surface area contributed by atoms with Gasteiger partial charge in [0.15, 0.2) is 0 Å². The fourth-order valence-corrected chi connectivity index (χ4v) is 1.89. The van der Waals surface area contributed by atoms with Gasteiger partial charge in [0.1, 0.15) is 18.2 Å². The van der Waals surface area contributed by atoms with E-state index < -0.39 is 0 Å². The summed E-state index contributed by atoms with van der Waals surface area (Å²) in [6.07, 6.45) is 1.07. The third kappa shape index (κ3) is 4.50. The minimum absolute atomic E-state index is 0. The molecule has 2 rings (SSSR count). The first kappa shape index (κ1) is 14.2. The van der Waals surface area contributed by atoms with Gasteiger partial charge in [-0.2, -0.15) is 0 Å². The van der Waals surface area contributed by atoms with Crippen molar-refractivity contribution in [2.75, 3.05) is 26.2 Å². The third-order valence-corrected chi connectivity index (χ3v) is 2.80. The van der Waals surface area contributed by atoms with Gasteiger partial charge in [-0.25, -0.2) is 4.39 Å². The maximum Gasteiger partial charge on any atom is 0.123 e. The standard InChI is InChI=1S/C12H17FN2O.ClH/c13-10-1-3-12(4-2-10)16-8-7-15-6-5-11(14)9-15;/h1-4,11H,5-9,14H2;1H/t11-;/m1./s1. The summed E-state index contributed by atoms with van der Waals surface area (Å²) in [5.41, 5.74) is 5.80. The Hall–Kier alpha value is -0.840. The summed E-state index contributed by atoms with van der Waals surface area (Å²) in [5.74, 6) is 0.475. The maximum absolute atomic E-state index is 12.6. The van der Waals surface area contributed by atoms with Crippen molar-refractivity contribution in [3.8, 4) is 5.75 Å². The number of benzene rings is 1. The molecule has 0 spiro atoms. The molecule has 0 unspecified atom stereocenters. The van der Waals surface area contributed by atoms with Crippen molar-refractivity contribution < 1.29 is 9.13 Å². The highest BCUT2D eigenvalue weighted by Gasteiger charge is 2.18. The number of ether oxygens (including phenoxy) is 1. The third-order valence-electron chi connectivity index (χ3n) is 2.80. The van der Waals surface area contributed by atoms with Crippen LogP contribution in [0.25, 0.3) is 0 Å². The van der Waals surface area contributed by atoms with E-state index in [1.165, 1.54) is 12.1 Å². The lowest BCUT2D eigenvalue weighted by molar-refractivity contribution is 0.236. The fraction of sp³-hybridized carbons (Fsp3) is 0.500. The van der Waals surface area contributed by atoms with E-state index in [9.17, 15) is 4.39 Å². The molecule has 1 aromatic rings. The molecule has 0 radical (unpaired) electrons. The van der Waals surface area contributed by atoms with Crippen molar-refractivity contribution in [1.82, 2.24) is 4.90 Å². The van der Waals surface area contributed by atoms with E-state index in [0.29, 0.717) is 18.4 Å². The van der Waals surface area contributed by atoms with Crippen LogP contribution in [-0.2, 0) is 0 Å². The minimum Gasteiger partial charge on any atom is -0.492 e. The Labute approximate surface area is 107 Å². The smallest absolute Gasteiger partial charge is 0.123 e. The Kier molecular flexibility index (Phi) is 5.68. The Morgan fingerprint density at radius 3 is 2.65 bits per heavy atom. The molecular formula is C12H18ClFN2O. The van der Waals surface area contributed by atoms with Gasteiger partial charge in [0.2, 0.25) is 0 Å². The van der Waals surface area contributed by atoms with Crippen molar-refractivity contribution in [2.45, 2.75) is 12.5 Å². The first-order valence-electron chi connectivity index (χ1n) is 5.60. The predicted octanol–water partition coefficient (Wildman–Crippen LogP) is 1.66. The molecule has 0 amide bonds. The molecule has 0 aliphatic carbocycles. The van der Waals surface area contributed by atoms with E-state index in [1.807, 2.05) is 0 Å². The SMILES string of the molecule is Cl.N[C@@H]1CCN(CCOc2ccc(F)cc2)C1. The van der Waals surface area contributed by atoms with E-state index in [0.717, 1.165) is 26.1 Å². The van der Waals surface area contributed by atoms with E-state index in [2.05, 4.69) is 4.90 Å². The zero-order valence-electron chi connectivity index (χ0n) is 9.64. The van der Waals surface area contributed by atoms with Crippen LogP contribution in [-0.4, -0.2) is 37.2 Å². The van der Waals surface area contributed by atoms with Gasteiger partial charge in [-0.15, -0.1) is 12.4 Å². The lowest BCUT2D eigenvalue weighted by Gasteiger charge is -2.15. The molecule has 0 bridgehead atoms. The molecule has 1 aliphatic rings. The number of hydrogen-bond donors (Lipinski definition) is 1. The Bertz CT molecular complexity index is 334. The van der Waals surface area contributed by atoms with Gasteiger partial charge in [-0.05, 0) is 37.2 Å². The molecular weight excluding hydrogens is 243 g/mol. The topological polar surface area (TPSA) is 38.5 Å². The molecule has 96 valence electrons. The number of hydrogen-bond acceptors (Lipinski definition) is 3. The minimum atomic E-state index is -0.238. The molecule has 1 saturated heterocycles. The second-order valence-electron chi connectivity index (χ2n) is 4.15. The average molecular weight is 261 g/mol. The van der Waals surface area contributed by atoms with E-state index in [4.69, 9.17) is 10.5 Å². The quantitative estimate of drug-likeness (QED) is 0.895. The number of halogens is 2. The molecule has 3 nitrogen and oxygen atoms in total. The number of rotatable bonds is 4. The van der Waals surface area contributed by atoms with Crippen molar-refractivity contribution in [3.05, 3.63) is 30.1 Å². The molecule has 1 aromatic carbocycles. The summed E-state index contributed by atoms with van der Waals surface area (Å²) in [5, 5.41) is 0. The zero-order chi connectivity index (χ0) is 11.4. The summed E-state index contributed by atoms with van der Waals surface area (Å²) in [4.78, 5) is 2.29. The van der Waals surface area contributed by atoms with Crippen LogP contribution in [0, 0.1) is 5.82 Å². The lowest BCUT2D eigenvalue weighted by atomic mass is 10.3. The summed E-state index contributed by atoms with van der Waals surface area (Å²) >= 11 is 0. The highest BCUT2D eigenvalue weighted by molar-refractivity contribution is 5.85. The van der Waals surface area contributed by atoms with Crippen LogP contribution < -0.4 is 10.5 Å². The average Bonchev–Trinajstić information content (AvgIpc) is 2.67. The monoisotopic (exact) mass is 260 g/mol. The molecule has 1 aliphatic heterocycles. The highest BCUT2D eigenvalue weighted by atomic mass is 35.5. The van der Waals surface area contributed by atoms with Gasteiger partial charge in [0, 0.05) is 19.1 Å². The van der Waals surface area contributed by atoms with Crippen LogP contribution in [0.2, 0.25) is 0 Å². The molecule has 0 saturated carbocycles. The van der Waals surface area contributed by atoms with Gasteiger partial charge < -0.3 is 10.5 Å². The molecule has 1 heterocycles. The molecule has 17 heavy (non-hydrogen) atoms. The van der Waals surface area contributed by atoms with Gasteiger partial charge in [0.25, 0.3) is 0 Å². The normalized spacial score (nSPS) is 20.0. The molecule has 1 fully saturated rings. The fourth-order valence-electron chi connectivity index (χ4n) is 1.89. The summed E-state index contributed by atoms with van der Waals surface area (Å²) < 4.78 is 18.1. The highest BCUT2D eigenvalue weighted by Crippen LogP contribution is 2.11. The Balaban J connectivity index is 0.00000144. The molecule has 2 N–H and O–H groups in total. The number of nitrogens with two attached hydrogens (primary N) is 1. The van der Waals surface area contributed by atoms with E-state index in [-0.39, 0.29) is 18.2 Å². The molecule has 0 aromatic heterocycles. The van der Waals surface area contributed by atoms with Crippen LogP contribution in [0.1, 0.15) is 6.42 Å². The van der Waals surface area contributed by atoms with Crippen molar-refractivity contribution in [1.29, 1.82) is 0 Å². The zero-order valence-corrected chi connectivity index (χ0v) is 10.5. The van der Waals surface area contributed by atoms with Crippen molar-refractivity contribution in [3.63, 3.8) is 0 Å². The van der Waals surface area contributed by atoms with Crippen LogP contribution in [0.4, 0.5) is 4.39 Å². The van der Waals surface area contributed by atoms with Gasteiger partial charge >= 0.3 is 0 Å². The second kappa shape index (κ2) is 6.79. The Morgan fingerprint density at radius 2 is 2.06 bits per heavy atom. The van der Waals surface area contributed by atoms with E-state index in [1.54, 1.807) is 12.1 Å². The van der Waals surface area contributed by atoms with Crippen molar-refractivity contribution in [2.24, 2.45) is 5.73 Å². The van der Waals surface area contributed by atoms with Gasteiger partial charge in [-0.3, -0.25) is 4.90 Å².